The minimum atomic E-state index is -1.11. The molecule has 0 spiro atoms. The van der Waals surface area contributed by atoms with E-state index in [1.54, 1.807) is 11.6 Å². The molecule has 0 bridgehead atoms. The van der Waals surface area contributed by atoms with E-state index in [0.717, 1.165) is 24.8 Å². The van der Waals surface area contributed by atoms with Gasteiger partial charge in [-0.1, -0.05) is 24.3 Å². The molecule has 2 aromatic rings. The second kappa shape index (κ2) is 8.30. The smallest absolute Gasteiger partial charge is 0.308 e. The zero-order chi connectivity index (χ0) is 19.3. The Morgan fingerprint density at radius 3 is 2.70 bits per heavy atom. The van der Waals surface area contributed by atoms with Crippen LogP contribution < -0.4 is 11.1 Å². The van der Waals surface area contributed by atoms with Gasteiger partial charge in [-0.05, 0) is 24.8 Å². The van der Waals surface area contributed by atoms with Gasteiger partial charge < -0.3 is 15.8 Å². The van der Waals surface area contributed by atoms with Crippen molar-refractivity contribution in [1.29, 1.82) is 5.41 Å². The lowest BCUT2D eigenvalue weighted by molar-refractivity contribution is -0.154. The molecule has 1 fully saturated rings. The van der Waals surface area contributed by atoms with E-state index < -0.39 is 5.72 Å². The third-order valence-corrected chi connectivity index (χ3v) is 5.39. The largest absolute Gasteiger partial charge is 0.432 e. The van der Waals surface area contributed by atoms with Gasteiger partial charge in [0.2, 0.25) is 11.6 Å². The molecule has 1 aromatic heterocycles. The summed E-state index contributed by atoms with van der Waals surface area (Å²) in [7, 11) is 0. The van der Waals surface area contributed by atoms with Crippen LogP contribution in [0.1, 0.15) is 48.2 Å². The van der Waals surface area contributed by atoms with Crippen molar-refractivity contribution < 1.29 is 14.3 Å². The molecule has 1 saturated heterocycles. The number of aryl methyl sites for hydroxylation is 1. The summed E-state index contributed by atoms with van der Waals surface area (Å²) < 4.78 is 5.42. The van der Waals surface area contributed by atoms with Crippen molar-refractivity contribution in [2.45, 2.75) is 44.2 Å². The summed E-state index contributed by atoms with van der Waals surface area (Å²) in [5.74, 6) is -0.411. The van der Waals surface area contributed by atoms with Gasteiger partial charge in [0.1, 0.15) is 5.84 Å². The lowest BCUT2D eigenvalue weighted by atomic mass is 10.0. The third kappa shape index (κ3) is 4.71. The average molecular weight is 386 g/mol. The van der Waals surface area contributed by atoms with E-state index in [1.807, 2.05) is 24.3 Å². The number of nitrogens with one attached hydrogen (secondary N) is 2. The maximum absolute atomic E-state index is 12.4. The zero-order valence-corrected chi connectivity index (χ0v) is 15.7. The highest BCUT2D eigenvalue weighted by atomic mass is 32.1. The maximum atomic E-state index is 12.4. The number of nitrogen functional groups attached to an aromatic ring is 1. The number of benzene rings is 1. The number of amidine groups is 1. The van der Waals surface area contributed by atoms with Crippen molar-refractivity contribution in [1.82, 2.24) is 10.3 Å². The van der Waals surface area contributed by atoms with E-state index in [0.29, 0.717) is 23.4 Å². The molecule has 1 atom stereocenters. The molecular formula is C19H22N4O3S. The lowest BCUT2D eigenvalue weighted by Crippen LogP contribution is -2.45. The molecule has 1 amide bonds. The number of carbonyl (C=O) groups is 2. The van der Waals surface area contributed by atoms with Crippen LogP contribution in [0, 0.1) is 5.41 Å². The number of ether oxygens (including phenoxy) is 1. The van der Waals surface area contributed by atoms with Gasteiger partial charge in [0.25, 0.3) is 0 Å². The second-order valence-electron chi connectivity index (χ2n) is 6.50. The average Bonchev–Trinajstić information content (AvgIpc) is 3.30. The minimum absolute atomic E-state index is 0.0556. The van der Waals surface area contributed by atoms with Crippen LogP contribution in [0.15, 0.2) is 35.8 Å². The number of carbonyl (C=O) groups excluding carboxylic acids is 2. The number of esters is 1. The molecule has 1 aliphatic rings. The van der Waals surface area contributed by atoms with Gasteiger partial charge in [0, 0.05) is 30.0 Å². The monoisotopic (exact) mass is 386 g/mol. The Bertz CT molecular complexity index is 820. The summed E-state index contributed by atoms with van der Waals surface area (Å²) in [6, 6.07) is 7.56. The van der Waals surface area contributed by atoms with Crippen molar-refractivity contribution in [2.24, 2.45) is 5.73 Å². The van der Waals surface area contributed by atoms with Crippen LogP contribution in [0.25, 0.3) is 0 Å². The van der Waals surface area contributed by atoms with Gasteiger partial charge in [-0.25, -0.2) is 4.98 Å². The highest BCUT2D eigenvalue weighted by molar-refractivity contribution is 7.09. The van der Waals surface area contributed by atoms with Crippen molar-refractivity contribution >= 4 is 29.0 Å². The van der Waals surface area contributed by atoms with Crippen molar-refractivity contribution in [3.05, 3.63) is 52.0 Å². The minimum Gasteiger partial charge on any atom is -0.432 e. The van der Waals surface area contributed by atoms with Crippen LogP contribution in [0.5, 0.6) is 0 Å². The van der Waals surface area contributed by atoms with E-state index in [4.69, 9.17) is 15.9 Å². The summed E-state index contributed by atoms with van der Waals surface area (Å²) in [5.41, 5.74) is 6.19. The quantitative estimate of drug-likeness (QED) is 0.279. The predicted molar refractivity (Wildman–Crippen MR) is 102 cm³/mol. The van der Waals surface area contributed by atoms with Crippen molar-refractivity contribution in [2.75, 3.05) is 0 Å². The summed E-state index contributed by atoms with van der Waals surface area (Å²) in [6.07, 6.45) is 5.11. The first kappa shape index (κ1) is 19.0. The summed E-state index contributed by atoms with van der Waals surface area (Å²) >= 11 is 1.36. The molecule has 1 aromatic carbocycles. The molecule has 1 unspecified atom stereocenters. The van der Waals surface area contributed by atoms with Crippen LogP contribution in [0.4, 0.5) is 0 Å². The molecule has 8 heteroatoms. The molecule has 1 aliphatic heterocycles. The van der Waals surface area contributed by atoms with Crippen LogP contribution in [0.3, 0.4) is 0 Å². The molecule has 2 heterocycles. The highest BCUT2D eigenvalue weighted by Crippen LogP contribution is 2.35. The number of amides is 1. The number of nitrogens with zero attached hydrogens (tertiary/aromatic N) is 1. The molecule has 7 nitrogen and oxygen atoms in total. The van der Waals surface area contributed by atoms with Gasteiger partial charge >= 0.3 is 5.97 Å². The van der Waals surface area contributed by atoms with Crippen LogP contribution in [0.2, 0.25) is 0 Å². The van der Waals surface area contributed by atoms with E-state index in [-0.39, 0.29) is 24.1 Å². The SMILES string of the molecule is N=C(N)c1ccc(CCCCC(=O)NC2(c3nccs3)CCC(=O)O2)cc1. The first-order valence-electron chi connectivity index (χ1n) is 8.85. The molecule has 0 saturated carbocycles. The number of cyclic esters (lactones) is 1. The fraction of sp³-hybridized carbons (Fsp3) is 0.368. The van der Waals surface area contributed by atoms with Crippen LogP contribution in [-0.2, 0) is 26.5 Å². The molecule has 142 valence electrons. The number of unbranched alkanes of at least 4 members (excludes halogenated alkanes) is 1. The zero-order valence-electron chi connectivity index (χ0n) is 14.9. The third-order valence-electron chi connectivity index (χ3n) is 4.47. The van der Waals surface area contributed by atoms with E-state index in [9.17, 15) is 9.59 Å². The Morgan fingerprint density at radius 1 is 1.33 bits per heavy atom. The molecule has 4 N–H and O–H groups in total. The van der Waals surface area contributed by atoms with Crippen molar-refractivity contribution in [3.63, 3.8) is 0 Å². The number of nitrogens with two attached hydrogens (primary N) is 1. The van der Waals surface area contributed by atoms with Crippen LogP contribution >= 0.6 is 11.3 Å². The summed E-state index contributed by atoms with van der Waals surface area (Å²) in [5, 5.41) is 12.7. The maximum Gasteiger partial charge on any atom is 0.308 e. The molecule has 0 aliphatic carbocycles. The lowest BCUT2D eigenvalue weighted by Gasteiger charge is -2.26. The molecule has 27 heavy (non-hydrogen) atoms. The normalized spacial score (nSPS) is 18.9. The fourth-order valence-corrected chi connectivity index (χ4v) is 3.80. The van der Waals surface area contributed by atoms with Gasteiger partial charge in [-0.2, -0.15) is 0 Å². The Hall–Kier alpha value is -2.74. The van der Waals surface area contributed by atoms with Crippen molar-refractivity contribution in [3.8, 4) is 0 Å². The first-order valence-corrected chi connectivity index (χ1v) is 9.73. The Labute approximate surface area is 161 Å². The number of hydrogen-bond donors (Lipinski definition) is 3. The number of thiazole rings is 1. The van der Waals surface area contributed by atoms with E-state index >= 15 is 0 Å². The molecule has 0 radical (unpaired) electrons. The van der Waals surface area contributed by atoms with Gasteiger partial charge in [-0.15, -0.1) is 11.3 Å². The summed E-state index contributed by atoms with van der Waals surface area (Å²) in [6.45, 7) is 0. The Kier molecular flexibility index (Phi) is 5.85. The van der Waals surface area contributed by atoms with Gasteiger partial charge in [0.05, 0.1) is 6.42 Å². The fourth-order valence-electron chi connectivity index (χ4n) is 3.04. The number of aromatic nitrogens is 1. The topological polar surface area (TPSA) is 118 Å². The van der Waals surface area contributed by atoms with E-state index in [2.05, 4.69) is 10.3 Å². The van der Waals surface area contributed by atoms with Gasteiger partial charge in [-0.3, -0.25) is 15.0 Å². The number of rotatable bonds is 8. The highest BCUT2D eigenvalue weighted by Gasteiger charge is 2.45. The predicted octanol–water partition coefficient (Wildman–Crippen LogP) is 2.45. The molecular weight excluding hydrogens is 364 g/mol. The Balaban J connectivity index is 1.47. The number of hydrogen-bond acceptors (Lipinski definition) is 6. The van der Waals surface area contributed by atoms with Crippen LogP contribution in [-0.4, -0.2) is 22.7 Å². The van der Waals surface area contributed by atoms with E-state index in [1.165, 1.54) is 11.3 Å². The van der Waals surface area contributed by atoms with Gasteiger partial charge in [0.15, 0.2) is 5.01 Å². The molecule has 3 rings (SSSR count). The first-order chi connectivity index (χ1) is 13.0. The second-order valence-corrected chi connectivity index (χ2v) is 7.40. The standard InChI is InChI=1S/C19H22N4O3S/c20-17(21)14-7-5-13(6-8-14)3-1-2-4-15(24)23-19(10-9-16(25)26-19)18-22-11-12-27-18/h5-8,11-12H,1-4,9-10H2,(H3,20,21)(H,23,24). The Morgan fingerprint density at radius 2 is 2.11 bits per heavy atom. The summed E-state index contributed by atoms with van der Waals surface area (Å²) in [4.78, 5) is 28.2.